The molecule has 3 aromatic rings. The van der Waals surface area contributed by atoms with E-state index in [1.54, 1.807) is 24.3 Å². The van der Waals surface area contributed by atoms with E-state index in [0.29, 0.717) is 43.3 Å². The van der Waals surface area contributed by atoms with Gasteiger partial charge in [-0.05, 0) is 97.5 Å². The molecule has 0 radical (unpaired) electrons. The quantitative estimate of drug-likeness (QED) is 0.258. The highest BCUT2D eigenvalue weighted by atomic mass is 32.2. The molecule has 0 atom stereocenters. The molecule has 0 unspecified atom stereocenters. The smallest absolute Gasteiger partial charge is 0.226 e. The second kappa shape index (κ2) is 13.4. The van der Waals surface area contributed by atoms with Crippen molar-refractivity contribution in [3.63, 3.8) is 0 Å². The molecule has 0 aliphatic carbocycles. The van der Waals surface area contributed by atoms with Gasteiger partial charge in [-0.15, -0.1) is 0 Å². The third-order valence-corrected chi connectivity index (χ3v) is 9.81. The second-order valence-electron chi connectivity index (χ2n) is 10.9. The van der Waals surface area contributed by atoms with E-state index >= 15 is 0 Å². The highest BCUT2D eigenvalue weighted by Gasteiger charge is 2.35. The van der Waals surface area contributed by atoms with Crippen molar-refractivity contribution in [1.82, 2.24) is 4.90 Å². The summed E-state index contributed by atoms with van der Waals surface area (Å²) in [6.07, 6.45) is 5.34. The van der Waals surface area contributed by atoms with Crippen LogP contribution in [0.3, 0.4) is 0 Å². The number of likely N-dealkylation sites (tertiary alicyclic amines) is 1. The normalized spacial score (nSPS) is 15.2. The maximum absolute atomic E-state index is 13.4. The maximum Gasteiger partial charge on any atom is 0.226 e. The van der Waals surface area contributed by atoms with Crippen LogP contribution >= 0.6 is 11.8 Å². The summed E-state index contributed by atoms with van der Waals surface area (Å²) < 4.78 is 43.1. The third kappa shape index (κ3) is 8.80. The lowest BCUT2D eigenvalue weighted by atomic mass is 9.81. The fourth-order valence-electron chi connectivity index (χ4n) is 5.16. The topological polar surface area (TPSA) is 83.9 Å². The van der Waals surface area contributed by atoms with Crippen LogP contribution in [-0.2, 0) is 21.1 Å². The zero-order chi connectivity index (χ0) is 29.6. The van der Waals surface area contributed by atoms with E-state index in [2.05, 4.69) is 13.8 Å². The number of benzene rings is 3. The Bertz CT molecular complexity index is 1430. The van der Waals surface area contributed by atoms with E-state index in [4.69, 9.17) is 4.74 Å². The van der Waals surface area contributed by atoms with E-state index in [1.807, 2.05) is 23.1 Å². The number of nitrogens with zero attached hydrogens (tertiary/aromatic N) is 1. The van der Waals surface area contributed by atoms with E-state index in [1.165, 1.54) is 36.0 Å². The van der Waals surface area contributed by atoms with E-state index in [9.17, 15) is 22.7 Å². The molecule has 1 amide bonds. The number of sulfone groups is 1. The lowest BCUT2D eigenvalue weighted by Crippen LogP contribution is -2.47. The number of carbonyl (C=O) groups excluding carboxylic acids is 1. The van der Waals surface area contributed by atoms with Crippen LogP contribution in [0.25, 0.3) is 0 Å². The first-order valence-electron chi connectivity index (χ1n) is 14.0. The number of carbonyl (C=O) groups is 1. The number of hydrogen-bond acceptors (Lipinski definition) is 6. The van der Waals surface area contributed by atoms with Gasteiger partial charge >= 0.3 is 0 Å². The van der Waals surface area contributed by atoms with Gasteiger partial charge in [-0.3, -0.25) is 4.79 Å². The molecule has 1 N–H and O–H groups in total. The molecule has 3 aromatic carbocycles. The predicted molar refractivity (Wildman–Crippen MR) is 160 cm³/mol. The van der Waals surface area contributed by atoms with Gasteiger partial charge in [-0.1, -0.05) is 38.5 Å². The van der Waals surface area contributed by atoms with Crippen LogP contribution in [-0.4, -0.2) is 49.3 Å². The summed E-state index contributed by atoms with van der Waals surface area (Å²) in [7, 11) is -3.33. The van der Waals surface area contributed by atoms with Crippen molar-refractivity contribution in [3.8, 4) is 11.5 Å². The summed E-state index contributed by atoms with van der Waals surface area (Å²) in [4.78, 5) is 17.0. The second-order valence-corrected chi connectivity index (χ2v) is 14.0. The molecule has 1 heterocycles. The van der Waals surface area contributed by atoms with Crippen molar-refractivity contribution >= 4 is 27.5 Å². The average Bonchev–Trinajstić information content (AvgIpc) is 2.93. The van der Waals surface area contributed by atoms with Crippen molar-refractivity contribution in [2.45, 2.75) is 72.7 Å². The number of hydrogen-bond donors (Lipinski definition) is 1. The zero-order valence-corrected chi connectivity index (χ0v) is 25.4. The number of halogens is 1. The maximum atomic E-state index is 13.4. The largest absolute Gasteiger partial charge is 0.457 e. The molecule has 0 bridgehead atoms. The Morgan fingerprint density at radius 3 is 2.20 bits per heavy atom. The molecule has 1 saturated heterocycles. The Hall–Kier alpha value is -2.88. The van der Waals surface area contributed by atoms with Gasteiger partial charge in [0.15, 0.2) is 9.84 Å². The summed E-state index contributed by atoms with van der Waals surface area (Å²) in [5.41, 5.74) is 0.0510. The molecule has 0 spiro atoms. The molecule has 1 aliphatic rings. The van der Waals surface area contributed by atoms with Crippen molar-refractivity contribution in [2.24, 2.45) is 5.92 Å². The zero-order valence-electron chi connectivity index (χ0n) is 23.8. The van der Waals surface area contributed by atoms with Gasteiger partial charge in [0.05, 0.1) is 16.9 Å². The molecule has 0 aromatic heterocycles. The van der Waals surface area contributed by atoms with Crippen molar-refractivity contribution in [3.05, 3.63) is 78.1 Å². The Balaban J connectivity index is 1.50. The van der Waals surface area contributed by atoms with Gasteiger partial charge in [0, 0.05) is 29.1 Å². The summed E-state index contributed by atoms with van der Waals surface area (Å²) in [6, 6.07) is 17.9. The number of piperidine rings is 1. The molecule has 220 valence electrons. The van der Waals surface area contributed by atoms with Gasteiger partial charge in [0.1, 0.15) is 17.3 Å². The number of aliphatic hydroxyl groups is 1. The monoisotopic (exact) mass is 599 g/mol. The van der Waals surface area contributed by atoms with E-state index in [0.717, 1.165) is 40.9 Å². The number of ether oxygens (including phenoxy) is 1. The Labute approximate surface area is 246 Å². The Morgan fingerprint density at radius 1 is 0.976 bits per heavy atom. The van der Waals surface area contributed by atoms with Gasteiger partial charge in [0.25, 0.3) is 0 Å². The summed E-state index contributed by atoms with van der Waals surface area (Å²) in [5, 5.41) is 11.1. The summed E-state index contributed by atoms with van der Waals surface area (Å²) in [6.45, 7) is 5.35. The lowest BCUT2D eigenvalue weighted by Gasteiger charge is -2.40. The SMILES string of the molecule is CCC(CC)CC1(O)CCN(C(=O)Cc2cc(Oc3ccc(S(C)(=O)=O)cc3)cc(Sc3ccc(F)cc3)c2)CC1. The fraction of sp³-hybridized carbons (Fsp3) is 0.406. The first kappa shape index (κ1) is 31.1. The third-order valence-electron chi connectivity index (χ3n) is 7.70. The minimum atomic E-state index is -3.33. The Morgan fingerprint density at radius 2 is 1.61 bits per heavy atom. The van der Waals surface area contributed by atoms with Gasteiger partial charge in [0.2, 0.25) is 5.91 Å². The highest BCUT2D eigenvalue weighted by molar-refractivity contribution is 7.99. The predicted octanol–water partition coefficient (Wildman–Crippen LogP) is 6.90. The Kier molecular flexibility index (Phi) is 10.2. The molecule has 4 rings (SSSR count). The molecule has 41 heavy (non-hydrogen) atoms. The first-order chi connectivity index (χ1) is 19.5. The molecule has 1 aliphatic heterocycles. The molecular weight excluding hydrogens is 561 g/mol. The first-order valence-corrected chi connectivity index (χ1v) is 16.7. The molecule has 1 fully saturated rings. The van der Waals surface area contributed by atoms with E-state index in [-0.39, 0.29) is 23.0 Å². The van der Waals surface area contributed by atoms with Crippen molar-refractivity contribution in [1.29, 1.82) is 0 Å². The number of rotatable bonds is 11. The summed E-state index contributed by atoms with van der Waals surface area (Å²) >= 11 is 1.43. The van der Waals surface area contributed by atoms with Crippen LogP contribution in [0.15, 0.2) is 81.4 Å². The van der Waals surface area contributed by atoms with Crippen LogP contribution in [0.1, 0.15) is 51.5 Å². The van der Waals surface area contributed by atoms with Gasteiger partial charge in [-0.2, -0.15) is 0 Å². The average molecular weight is 600 g/mol. The molecule has 0 saturated carbocycles. The van der Waals surface area contributed by atoms with Crippen LogP contribution in [0.2, 0.25) is 0 Å². The minimum absolute atomic E-state index is 0.0121. The van der Waals surface area contributed by atoms with Crippen LogP contribution < -0.4 is 4.74 Å². The van der Waals surface area contributed by atoms with Crippen LogP contribution in [0.4, 0.5) is 4.39 Å². The van der Waals surface area contributed by atoms with Gasteiger partial charge in [-0.25, -0.2) is 12.8 Å². The number of amides is 1. The minimum Gasteiger partial charge on any atom is -0.457 e. The molecule has 6 nitrogen and oxygen atoms in total. The lowest BCUT2D eigenvalue weighted by molar-refractivity contribution is -0.135. The van der Waals surface area contributed by atoms with Crippen LogP contribution in [0.5, 0.6) is 11.5 Å². The van der Waals surface area contributed by atoms with Gasteiger partial charge < -0.3 is 14.7 Å². The van der Waals surface area contributed by atoms with Crippen molar-refractivity contribution in [2.75, 3.05) is 19.3 Å². The van der Waals surface area contributed by atoms with Crippen molar-refractivity contribution < 1.29 is 27.4 Å². The standard InChI is InChI=1S/C32H38FNO5S2/c1-4-23(5-2)22-32(36)14-16-34(17-15-32)31(35)20-24-18-27(39-26-8-12-30(13-9-26)41(3,37)38)21-29(19-24)40-28-10-6-25(33)7-11-28/h6-13,18-19,21,23,36H,4-5,14-17,20,22H2,1-3H3. The highest BCUT2D eigenvalue weighted by Crippen LogP contribution is 2.35. The van der Waals surface area contributed by atoms with Crippen LogP contribution in [0, 0.1) is 11.7 Å². The molecule has 9 heteroatoms. The van der Waals surface area contributed by atoms with E-state index < -0.39 is 15.4 Å². The fourth-order valence-corrected chi connectivity index (χ4v) is 6.72. The summed E-state index contributed by atoms with van der Waals surface area (Å²) in [5.74, 6) is 1.13. The molecular formula is C32H38FNO5S2.